The third kappa shape index (κ3) is 5.91. The molecule has 5 rings (SSSR count). The third-order valence-corrected chi connectivity index (χ3v) is 6.06. The van der Waals surface area contributed by atoms with E-state index in [1.807, 2.05) is 103 Å². The van der Waals surface area contributed by atoms with E-state index in [1.54, 1.807) is 6.20 Å². The Morgan fingerprint density at radius 3 is 2.45 bits per heavy atom. The van der Waals surface area contributed by atoms with Gasteiger partial charge >= 0.3 is 0 Å². The molecule has 0 amide bonds. The Morgan fingerprint density at radius 1 is 0.895 bits per heavy atom. The molecular weight excluding hydrogens is 494 g/mol. The third-order valence-electron chi connectivity index (χ3n) is 5.51. The van der Waals surface area contributed by atoms with Crippen LogP contribution in [-0.2, 0) is 6.61 Å². The number of nitrogens with one attached hydrogen (secondary N) is 1. The van der Waals surface area contributed by atoms with Gasteiger partial charge in [0.15, 0.2) is 22.3 Å². The molecule has 0 aliphatic heterocycles. The number of pyridine rings is 1. The second-order valence-electron chi connectivity index (χ2n) is 8.10. The number of anilines is 2. The highest BCUT2D eigenvalue weighted by Gasteiger charge is 2.17. The van der Waals surface area contributed by atoms with Gasteiger partial charge in [-0.25, -0.2) is 4.98 Å². The minimum absolute atomic E-state index is 0.232. The summed E-state index contributed by atoms with van der Waals surface area (Å²) in [7, 11) is 0. The summed E-state index contributed by atoms with van der Waals surface area (Å²) in [5.74, 6) is 1.96. The molecule has 0 atom stereocenters. The summed E-state index contributed by atoms with van der Waals surface area (Å²) in [6, 6.07) is 32.9. The first kappa shape index (κ1) is 24.8. The van der Waals surface area contributed by atoms with Gasteiger partial charge in [0, 0.05) is 17.4 Å². The van der Waals surface area contributed by atoms with Crippen LogP contribution in [0.15, 0.2) is 108 Å². The molecule has 0 unspecified atom stereocenters. The van der Waals surface area contributed by atoms with E-state index >= 15 is 0 Å². The molecule has 2 heterocycles. The quantitative estimate of drug-likeness (QED) is 0.161. The van der Waals surface area contributed by atoms with E-state index in [0.717, 1.165) is 22.6 Å². The molecule has 186 valence electrons. The normalized spacial score (nSPS) is 10.4. The molecular formula is C30H23N5O2S. The second kappa shape index (κ2) is 11.9. The van der Waals surface area contributed by atoms with Crippen molar-refractivity contribution >= 4 is 23.3 Å². The first-order chi connectivity index (χ1) is 18.7. The monoisotopic (exact) mass is 517 g/mol. The van der Waals surface area contributed by atoms with E-state index in [1.165, 1.54) is 11.8 Å². The van der Waals surface area contributed by atoms with Gasteiger partial charge in [0.1, 0.15) is 24.1 Å². The Bertz CT molecular complexity index is 1570. The standard InChI is InChI=1S/C30H23N5O2S/c1-38-30-34-28(25(19-31)29(35-30)36-20-21-10-4-2-5-11-21)33-23-13-8-12-22(18-23)27-26(16-9-17-32-27)37-24-14-6-3-7-15-24/h2-18H,20H2,1H3,(H,33,34,35). The van der Waals surface area contributed by atoms with Crippen LogP contribution in [0.5, 0.6) is 17.4 Å². The molecule has 1 N–H and O–H groups in total. The SMILES string of the molecule is CSc1nc(Nc2cccc(-c3ncccc3Oc3ccccc3)c2)c(C#N)c(OCc2ccccc2)n1. The number of hydrogen-bond donors (Lipinski definition) is 1. The van der Waals surface area contributed by atoms with E-state index in [9.17, 15) is 5.26 Å². The second-order valence-corrected chi connectivity index (χ2v) is 8.87. The van der Waals surface area contributed by atoms with Crippen LogP contribution < -0.4 is 14.8 Å². The zero-order chi connectivity index (χ0) is 26.2. The minimum atomic E-state index is 0.232. The highest BCUT2D eigenvalue weighted by Crippen LogP contribution is 2.34. The zero-order valence-corrected chi connectivity index (χ0v) is 21.4. The van der Waals surface area contributed by atoms with Crippen molar-refractivity contribution in [3.05, 3.63) is 114 Å². The van der Waals surface area contributed by atoms with E-state index in [2.05, 4.69) is 26.3 Å². The summed E-state index contributed by atoms with van der Waals surface area (Å²) in [5, 5.41) is 13.7. The van der Waals surface area contributed by atoms with Crippen LogP contribution in [0.1, 0.15) is 11.1 Å². The molecule has 2 aromatic heterocycles. The van der Waals surface area contributed by atoms with Crippen molar-refractivity contribution in [2.24, 2.45) is 0 Å². The van der Waals surface area contributed by atoms with Crippen LogP contribution in [-0.4, -0.2) is 21.2 Å². The Balaban J connectivity index is 1.44. The van der Waals surface area contributed by atoms with Gasteiger partial charge in [-0.2, -0.15) is 10.2 Å². The van der Waals surface area contributed by atoms with Crippen LogP contribution in [0, 0.1) is 11.3 Å². The highest BCUT2D eigenvalue weighted by atomic mass is 32.2. The van der Waals surface area contributed by atoms with Gasteiger partial charge in [-0.15, -0.1) is 0 Å². The van der Waals surface area contributed by atoms with Gasteiger partial charge in [-0.1, -0.05) is 72.4 Å². The molecule has 38 heavy (non-hydrogen) atoms. The first-order valence-corrected chi connectivity index (χ1v) is 13.0. The minimum Gasteiger partial charge on any atom is -0.472 e. The molecule has 7 nitrogen and oxygen atoms in total. The molecule has 0 saturated heterocycles. The topological polar surface area (TPSA) is 93.0 Å². The molecule has 0 spiro atoms. The van der Waals surface area contributed by atoms with Gasteiger partial charge < -0.3 is 14.8 Å². The summed E-state index contributed by atoms with van der Waals surface area (Å²) >= 11 is 1.37. The lowest BCUT2D eigenvalue weighted by atomic mass is 10.1. The van der Waals surface area contributed by atoms with Crippen molar-refractivity contribution in [2.75, 3.05) is 11.6 Å². The summed E-state index contributed by atoms with van der Waals surface area (Å²) in [4.78, 5) is 13.6. The Kier molecular flexibility index (Phi) is 7.78. The van der Waals surface area contributed by atoms with Crippen LogP contribution in [0.3, 0.4) is 0 Å². The molecule has 3 aromatic carbocycles. The number of para-hydroxylation sites is 1. The molecule has 0 radical (unpaired) electrons. The lowest BCUT2D eigenvalue weighted by Crippen LogP contribution is -2.06. The smallest absolute Gasteiger partial charge is 0.238 e. The molecule has 0 bridgehead atoms. The van der Waals surface area contributed by atoms with Crippen LogP contribution in [0.4, 0.5) is 11.5 Å². The van der Waals surface area contributed by atoms with Crippen molar-refractivity contribution < 1.29 is 9.47 Å². The number of aromatic nitrogens is 3. The van der Waals surface area contributed by atoms with E-state index in [-0.39, 0.29) is 11.4 Å². The zero-order valence-electron chi connectivity index (χ0n) is 20.5. The maximum absolute atomic E-state index is 9.96. The van der Waals surface area contributed by atoms with Crippen molar-refractivity contribution in [3.63, 3.8) is 0 Å². The van der Waals surface area contributed by atoms with Gasteiger partial charge in [0.2, 0.25) is 5.88 Å². The van der Waals surface area contributed by atoms with Gasteiger partial charge in [0.25, 0.3) is 0 Å². The fourth-order valence-electron chi connectivity index (χ4n) is 3.72. The number of ether oxygens (including phenoxy) is 2. The van der Waals surface area contributed by atoms with E-state index < -0.39 is 0 Å². The number of nitrogens with zero attached hydrogens (tertiary/aromatic N) is 4. The predicted molar refractivity (Wildman–Crippen MR) is 149 cm³/mol. The lowest BCUT2D eigenvalue weighted by Gasteiger charge is -2.14. The fraction of sp³-hybridized carbons (Fsp3) is 0.0667. The summed E-state index contributed by atoms with van der Waals surface area (Å²) in [5.41, 5.74) is 3.48. The molecule has 5 aromatic rings. The van der Waals surface area contributed by atoms with E-state index in [0.29, 0.717) is 29.0 Å². The molecule has 0 aliphatic rings. The number of rotatable bonds is 9. The largest absolute Gasteiger partial charge is 0.472 e. The average molecular weight is 518 g/mol. The molecule has 0 saturated carbocycles. The molecule has 8 heteroatoms. The maximum atomic E-state index is 9.96. The Morgan fingerprint density at radius 2 is 1.68 bits per heavy atom. The fourth-order valence-corrected chi connectivity index (χ4v) is 4.08. The van der Waals surface area contributed by atoms with Gasteiger partial charge in [0.05, 0.1) is 0 Å². The van der Waals surface area contributed by atoms with Gasteiger partial charge in [-0.3, -0.25) is 4.98 Å². The van der Waals surface area contributed by atoms with Crippen LogP contribution >= 0.6 is 11.8 Å². The summed E-state index contributed by atoms with van der Waals surface area (Å²) in [6.07, 6.45) is 3.61. The molecule has 0 aliphatic carbocycles. The summed E-state index contributed by atoms with van der Waals surface area (Å²) < 4.78 is 12.0. The number of hydrogen-bond acceptors (Lipinski definition) is 8. The Labute approximate surface area is 225 Å². The van der Waals surface area contributed by atoms with Crippen LogP contribution in [0.2, 0.25) is 0 Å². The maximum Gasteiger partial charge on any atom is 0.238 e. The van der Waals surface area contributed by atoms with Crippen LogP contribution in [0.25, 0.3) is 11.3 Å². The molecule has 0 fully saturated rings. The van der Waals surface area contributed by atoms with Crippen molar-refractivity contribution in [2.45, 2.75) is 11.8 Å². The van der Waals surface area contributed by atoms with Crippen molar-refractivity contribution in [3.8, 4) is 34.7 Å². The lowest BCUT2D eigenvalue weighted by molar-refractivity contribution is 0.290. The first-order valence-electron chi connectivity index (χ1n) is 11.8. The number of thioether (sulfide) groups is 1. The van der Waals surface area contributed by atoms with Crippen molar-refractivity contribution in [1.29, 1.82) is 5.26 Å². The van der Waals surface area contributed by atoms with Crippen molar-refractivity contribution in [1.82, 2.24) is 15.0 Å². The van der Waals surface area contributed by atoms with E-state index in [4.69, 9.17) is 9.47 Å². The Hall–Kier alpha value is -4.87. The predicted octanol–water partition coefficient (Wildman–Crippen LogP) is 7.25. The highest BCUT2D eigenvalue weighted by molar-refractivity contribution is 7.98. The summed E-state index contributed by atoms with van der Waals surface area (Å²) in [6.45, 7) is 0.291. The number of nitriles is 1. The van der Waals surface area contributed by atoms with Gasteiger partial charge in [-0.05, 0) is 48.2 Å². The average Bonchev–Trinajstić information content (AvgIpc) is 2.97. The number of benzene rings is 3.